The second-order valence-corrected chi connectivity index (χ2v) is 6.61. The Kier molecular flexibility index (Phi) is 3.79. The van der Waals surface area contributed by atoms with Crippen LogP contribution in [0.5, 0.6) is 0 Å². The monoisotopic (exact) mass is 246 g/mol. The Bertz CT molecular complexity index is 385. The molecule has 1 fully saturated rings. The molecule has 2 N–H and O–H groups in total. The van der Waals surface area contributed by atoms with Crippen molar-refractivity contribution in [2.24, 2.45) is 11.1 Å². The van der Waals surface area contributed by atoms with Gasteiger partial charge in [-0.25, -0.2) is 0 Å². The number of likely N-dealkylation sites (N-methyl/N-ethyl adjacent to an activating group) is 1. The number of rotatable bonds is 4. The Balaban J connectivity index is 2.09. The summed E-state index contributed by atoms with van der Waals surface area (Å²) in [5.41, 5.74) is 8.10. The summed E-state index contributed by atoms with van der Waals surface area (Å²) in [6.07, 6.45) is 3.71. The summed E-state index contributed by atoms with van der Waals surface area (Å²) >= 11 is 0. The summed E-state index contributed by atoms with van der Waals surface area (Å²) < 4.78 is 0. The van der Waals surface area contributed by atoms with Gasteiger partial charge >= 0.3 is 0 Å². The molecular weight excluding hydrogens is 220 g/mol. The average Bonchev–Trinajstić information content (AvgIpc) is 2.68. The van der Waals surface area contributed by atoms with Crippen molar-refractivity contribution in [3.63, 3.8) is 0 Å². The summed E-state index contributed by atoms with van der Waals surface area (Å²) in [6.45, 7) is 6.48. The topological polar surface area (TPSA) is 29.3 Å². The van der Waals surface area contributed by atoms with E-state index in [-0.39, 0.29) is 5.54 Å². The molecule has 1 aromatic rings. The van der Waals surface area contributed by atoms with Gasteiger partial charge in [0.2, 0.25) is 0 Å². The zero-order valence-electron chi connectivity index (χ0n) is 11.9. The second-order valence-electron chi connectivity index (χ2n) is 6.61. The molecule has 0 heterocycles. The molecule has 2 rings (SSSR count). The highest BCUT2D eigenvalue weighted by atomic mass is 15.2. The molecule has 2 nitrogen and oxygen atoms in total. The van der Waals surface area contributed by atoms with Crippen LogP contribution in [0.3, 0.4) is 0 Å². The number of benzene rings is 1. The fourth-order valence-electron chi connectivity index (χ4n) is 3.32. The Labute approximate surface area is 111 Å². The molecule has 1 saturated carbocycles. The minimum atomic E-state index is 0.194. The Morgan fingerprint density at radius 2 is 1.83 bits per heavy atom. The second kappa shape index (κ2) is 5.02. The van der Waals surface area contributed by atoms with Crippen molar-refractivity contribution in [2.75, 3.05) is 13.6 Å². The molecule has 1 aromatic carbocycles. The molecule has 1 atom stereocenters. The normalized spacial score (nSPS) is 26.7. The highest BCUT2D eigenvalue weighted by Gasteiger charge is 2.44. The van der Waals surface area contributed by atoms with E-state index in [4.69, 9.17) is 5.73 Å². The fraction of sp³-hybridized carbons (Fsp3) is 0.625. The van der Waals surface area contributed by atoms with Crippen molar-refractivity contribution < 1.29 is 0 Å². The first-order valence-corrected chi connectivity index (χ1v) is 6.93. The van der Waals surface area contributed by atoms with Gasteiger partial charge in [-0.3, -0.25) is 4.90 Å². The van der Waals surface area contributed by atoms with E-state index in [0.717, 1.165) is 13.1 Å². The van der Waals surface area contributed by atoms with Crippen LogP contribution in [0.15, 0.2) is 30.3 Å². The van der Waals surface area contributed by atoms with E-state index in [2.05, 4.69) is 56.1 Å². The van der Waals surface area contributed by atoms with Gasteiger partial charge in [-0.05, 0) is 37.3 Å². The van der Waals surface area contributed by atoms with Gasteiger partial charge in [0.05, 0.1) is 0 Å². The van der Waals surface area contributed by atoms with Gasteiger partial charge in [0.1, 0.15) is 0 Å². The van der Waals surface area contributed by atoms with E-state index < -0.39 is 0 Å². The van der Waals surface area contributed by atoms with E-state index in [0.29, 0.717) is 5.41 Å². The lowest BCUT2D eigenvalue weighted by atomic mass is 9.86. The first kappa shape index (κ1) is 13.6. The SMILES string of the molecule is CN(Cc1ccccc1)C1(CN)CCC(C)(C)C1. The van der Waals surface area contributed by atoms with Gasteiger partial charge in [-0.1, -0.05) is 44.2 Å². The first-order valence-electron chi connectivity index (χ1n) is 6.93. The quantitative estimate of drug-likeness (QED) is 0.885. The number of hydrogen-bond donors (Lipinski definition) is 1. The van der Waals surface area contributed by atoms with E-state index >= 15 is 0 Å². The summed E-state index contributed by atoms with van der Waals surface area (Å²) in [6, 6.07) is 10.7. The largest absolute Gasteiger partial charge is 0.329 e. The molecular formula is C16H26N2. The molecule has 0 radical (unpaired) electrons. The van der Waals surface area contributed by atoms with Crippen LogP contribution in [0.1, 0.15) is 38.7 Å². The third-order valence-corrected chi connectivity index (χ3v) is 4.53. The third kappa shape index (κ3) is 2.76. The molecule has 2 heteroatoms. The molecule has 18 heavy (non-hydrogen) atoms. The fourth-order valence-corrected chi connectivity index (χ4v) is 3.32. The van der Waals surface area contributed by atoms with Crippen molar-refractivity contribution in [3.05, 3.63) is 35.9 Å². The maximum atomic E-state index is 6.10. The number of nitrogens with two attached hydrogens (primary N) is 1. The number of hydrogen-bond acceptors (Lipinski definition) is 2. The van der Waals surface area contributed by atoms with Crippen LogP contribution < -0.4 is 5.73 Å². The van der Waals surface area contributed by atoms with Crippen LogP contribution >= 0.6 is 0 Å². The number of nitrogens with zero attached hydrogens (tertiary/aromatic N) is 1. The minimum absolute atomic E-state index is 0.194. The van der Waals surface area contributed by atoms with Gasteiger partial charge in [0.25, 0.3) is 0 Å². The molecule has 1 aliphatic carbocycles. The maximum absolute atomic E-state index is 6.10. The van der Waals surface area contributed by atoms with E-state index in [9.17, 15) is 0 Å². The Morgan fingerprint density at radius 1 is 1.17 bits per heavy atom. The molecule has 1 unspecified atom stereocenters. The molecule has 1 aliphatic rings. The van der Waals surface area contributed by atoms with Crippen molar-refractivity contribution >= 4 is 0 Å². The van der Waals surface area contributed by atoms with Gasteiger partial charge in [-0.15, -0.1) is 0 Å². The lowest BCUT2D eigenvalue weighted by Gasteiger charge is -2.39. The van der Waals surface area contributed by atoms with Crippen molar-refractivity contribution in [1.82, 2.24) is 4.90 Å². The molecule has 0 spiro atoms. The lowest BCUT2D eigenvalue weighted by molar-refractivity contribution is 0.111. The van der Waals surface area contributed by atoms with Crippen LogP contribution in [0.2, 0.25) is 0 Å². The Morgan fingerprint density at radius 3 is 2.33 bits per heavy atom. The van der Waals surface area contributed by atoms with Gasteiger partial charge < -0.3 is 5.73 Å². The molecule has 0 amide bonds. The zero-order valence-corrected chi connectivity index (χ0v) is 11.9. The first-order chi connectivity index (χ1) is 8.47. The standard InChI is InChI=1S/C16H26N2/c1-15(2)9-10-16(12-15,13-17)18(3)11-14-7-5-4-6-8-14/h4-8H,9-13,17H2,1-3H3. The molecule has 0 aliphatic heterocycles. The minimum Gasteiger partial charge on any atom is -0.329 e. The van der Waals surface area contributed by atoms with Crippen LogP contribution in [-0.2, 0) is 6.54 Å². The molecule has 0 bridgehead atoms. The Hall–Kier alpha value is -0.860. The third-order valence-electron chi connectivity index (χ3n) is 4.53. The summed E-state index contributed by atoms with van der Waals surface area (Å²) in [4.78, 5) is 2.47. The molecule has 0 aromatic heterocycles. The average molecular weight is 246 g/mol. The zero-order chi connectivity index (χ0) is 13.2. The highest BCUT2D eigenvalue weighted by molar-refractivity contribution is 5.15. The van der Waals surface area contributed by atoms with Crippen LogP contribution in [0.4, 0.5) is 0 Å². The van der Waals surface area contributed by atoms with E-state index in [1.165, 1.54) is 24.8 Å². The summed E-state index contributed by atoms with van der Waals surface area (Å²) in [7, 11) is 2.22. The molecule has 0 saturated heterocycles. The van der Waals surface area contributed by atoms with Gasteiger partial charge in [-0.2, -0.15) is 0 Å². The lowest BCUT2D eigenvalue weighted by Crippen LogP contribution is -2.50. The summed E-state index contributed by atoms with van der Waals surface area (Å²) in [5, 5.41) is 0. The predicted molar refractivity (Wildman–Crippen MR) is 77.3 cm³/mol. The van der Waals surface area contributed by atoms with Crippen LogP contribution in [0.25, 0.3) is 0 Å². The smallest absolute Gasteiger partial charge is 0.0337 e. The van der Waals surface area contributed by atoms with Gasteiger partial charge in [0, 0.05) is 18.6 Å². The van der Waals surface area contributed by atoms with Crippen molar-refractivity contribution in [2.45, 2.75) is 45.2 Å². The van der Waals surface area contributed by atoms with Gasteiger partial charge in [0.15, 0.2) is 0 Å². The van der Waals surface area contributed by atoms with E-state index in [1.54, 1.807) is 0 Å². The van der Waals surface area contributed by atoms with Crippen LogP contribution in [-0.4, -0.2) is 24.0 Å². The van der Waals surface area contributed by atoms with E-state index in [1.807, 2.05) is 0 Å². The highest BCUT2D eigenvalue weighted by Crippen LogP contribution is 2.46. The summed E-state index contributed by atoms with van der Waals surface area (Å²) in [5.74, 6) is 0. The maximum Gasteiger partial charge on any atom is 0.0337 e. The predicted octanol–water partition coefficient (Wildman–Crippen LogP) is 3.03. The van der Waals surface area contributed by atoms with Crippen molar-refractivity contribution in [3.8, 4) is 0 Å². The van der Waals surface area contributed by atoms with Crippen molar-refractivity contribution in [1.29, 1.82) is 0 Å². The molecule has 100 valence electrons. The van der Waals surface area contributed by atoms with Crippen LogP contribution in [0, 0.1) is 5.41 Å².